The molecular formula is C15H17BrClN5O. The highest BCUT2D eigenvalue weighted by Crippen LogP contribution is 2.42. The van der Waals surface area contributed by atoms with Gasteiger partial charge in [-0.2, -0.15) is 0 Å². The van der Waals surface area contributed by atoms with Gasteiger partial charge in [0.2, 0.25) is 5.91 Å². The van der Waals surface area contributed by atoms with Gasteiger partial charge in [-0.15, -0.1) is 0 Å². The first-order valence-electron chi connectivity index (χ1n) is 7.78. The molecule has 2 aromatic heterocycles. The Kier molecular flexibility index (Phi) is 3.82. The quantitative estimate of drug-likeness (QED) is 0.806. The fourth-order valence-corrected chi connectivity index (χ4v) is 4.80. The molecule has 1 saturated heterocycles. The summed E-state index contributed by atoms with van der Waals surface area (Å²) < 4.78 is 3.08. The second kappa shape index (κ2) is 5.72. The van der Waals surface area contributed by atoms with Gasteiger partial charge in [0, 0.05) is 22.8 Å². The van der Waals surface area contributed by atoms with Crippen LogP contribution < -0.4 is 5.73 Å². The summed E-state index contributed by atoms with van der Waals surface area (Å²) in [5.74, 6) is -0.195. The number of hydrogen-bond acceptors (Lipinski definition) is 4. The van der Waals surface area contributed by atoms with E-state index in [-0.39, 0.29) is 11.9 Å². The van der Waals surface area contributed by atoms with Gasteiger partial charge in [0.05, 0.1) is 11.4 Å². The van der Waals surface area contributed by atoms with E-state index in [1.807, 2.05) is 6.20 Å². The molecule has 1 atom stereocenters. The summed E-state index contributed by atoms with van der Waals surface area (Å²) >= 11 is 9.72. The van der Waals surface area contributed by atoms with Crippen molar-refractivity contribution in [3.63, 3.8) is 0 Å². The van der Waals surface area contributed by atoms with Crippen LogP contribution in [0.2, 0.25) is 5.15 Å². The number of primary amides is 1. The third kappa shape index (κ3) is 2.45. The largest absolute Gasteiger partial charge is 0.368 e. The van der Waals surface area contributed by atoms with E-state index in [2.05, 4.69) is 35.4 Å². The van der Waals surface area contributed by atoms with Crippen LogP contribution in [0.25, 0.3) is 11.0 Å². The first kappa shape index (κ1) is 15.4. The predicted molar refractivity (Wildman–Crippen MR) is 91.2 cm³/mol. The molecule has 4 rings (SSSR count). The van der Waals surface area contributed by atoms with Crippen LogP contribution in [0.4, 0.5) is 0 Å². The summed E-state index contributed by atoms with van der Waals surface area (Å²) in [6.07, 6.45) is 7.46. The topological polar surface area (TPSA) is 77.0 Å². The van der Waals surface area contributed by atoms with Crippen LogP contribution in [0.1, 0.15) is 31.7 Å². The minimum atomic E-state index is -0.195. The molecule has 2 aromatic rings. The van der Waals surface area contributed by atoms with Crippen molar-refractivity contribution in [1.82, 2.24) is 19.4 Å². The van der Waals surface area contributed by atoms with E-state index in [9.17, 15) is 4.79 Å². The molecular weight excluding hydrogens is 382 g/mol. The molecule has 2 aliphatic rings. The lowest BCUT2D eigenvalue weighted by Crippen LogP contribution is -2.51. The molecule has 8 heteroatoms. The van der Waals surface area contributed by atoms with Crippen molar-refractivity contribution in [3.8, 4) is 0 Å². The fraction of sp³-hybridized carbons (Fsp3) is 0.533. The van der Waals surface area contributed by atoms with E-state index in [0.717, 1.165) is 47.7 Å². The van der Waals surface area contributed by atoms with Crippen LogP contribution >= 0.6 is 27.5 Å². The van der Waals surface area contributed by atoms with Crippen molar-refractivity contribution in [2.24, 2.45) is 5.73 Å². The first-order valence-corrected chi connectivity index (χ1v) is 8.95. The number of hydrogen-bond donors (Lipinski definition) is 1. The molecule has 1 aliphatic heterocycles. The molecule has 2 N–H and O–H groups in total. The Morgan fingerprint density at radius 2 is 2.13 bits per heavy atom. The third-order valence-corrected chi connectivity index (χ3v) is 5.98. The average Bonchev–Trinajstić information content (AvgIpc) is 3.04. The molecule has 23 heavy (non-hydrogen) atoms. The van der Waals surface area contributed by atoms with Gasteiger partial charge in [0.25, 0.3) is 0 Å². The third-order valence-electron chi connectivity index (χ3n) is 5.09. The van der Waals surface area contributed by atoms with Crippen molar-refractivity contribution in [2.45, 2.75) is 43.8 Å². The molecule has 1 amide bonds. The smallest absolute Gasteiger partial charge is 0.234 e. The van der Waals surface area contributed by atoms with E-state index in [1.54, 1.807) is 0 Å². The second-order valence-electron chi connectivity index (χ2n) is 6.32. The molecule has 3 heterocycles. The molecule has 2 fully saturated rings. The zero-order valence-corrected chi connectivity index (χ0v) is 14.8. The zero-order chi connectivity index (χ0) is 16.1. The number of nitrogens with zero attached hydrogens (tertiary/aromatic N) is 4. The Morgan fingerprint density at radius 3 is 2.87 bits per heavy atom. The van der Waals surface area contributed by atoms with Crippen molar-refractivity contribution in [1.29, 1.82) is 0 Å². The van der Waals surface area contributed by atoms with Crippen molar-refractivity contribution in [3.05, 3.63) is 22.1 Å². The number of rotatable bonds is 3. The lowest BCUT2D eigenvalue weighted by atomic mass is 9.84. The summed E-state index contributed by atoms with van der Waals surface area (Å²) in [6.45, 7) is 0.967. The van der Waals surface area contributed by atoms with Gasteiger partial charge < -0.3 is 10.3 Å². The van der Waals surface area contributed by atoms with E-state index in [0.29, 0.717) is 17.2 Å². The SMILES string of the molecule is NC(=O)[C@@H]1CCCN1[C@H]1C[C@@H](n2cc(Br)c3c(Cl)ncnc32)C1. The molecule has 0 unspecified atom stereocenters. The molecule has 0 bridgehead atoms. The lowest BCUT2D eigenvalue weighted by Gasteiger charge is -2.43. The van der Waals surface area contributed by atoms with Crippen molar-refractivity contribution in [2.75, 3.05) is 6.54 Å². The lowest BCUT2D eigenvalue weighted by molar-refractivity contribution is -0.123. The fourth-order valence-electron chi connectivity index (χ4n) is 3.87. The predicted octanol–water partition coefficient (Wildman–Crippen LogP) is 2.50. The van der Waals surface area contributed by atoms with E-state index < -0.39 is 0 Å². The molecule has 6 nitrogen and oxygen atoms in total. The van der Waals surface area contributed by atoms with Gasteiger partial charge in [0.1, 0.15) is 17.1 Å². The highest BCUT2D eigenvalue weighted by atomic mass is 79.9. The number of nitrogens with two attached hydrogens (primary N) is 1. The van der Waals surface area contributed by atoms with Gasteiger partial charge in [-0.1, -0.05) is 11.6 Å². The molecule has 0 spiro atoms. The van der Waals surface area contributed by atoms with E-state index >= 15 is 0 Å². The summed E-state index contributed by atoms with van der Waals surface area (Å²) in [5.41, 5.74) is 6.38. The summed E-state index contributed by atoms with van der Waals surface area (Å²) in [5, 5.41) is 1.32. The Balaban J connectivity index is 1.55. The zero-order valence-electron chi connectivity index (χ0n) is 12.5. The Labute approximate surface area is 147 Å². The van der Waals surface area contributed by atoms with Gasteiger partial charge in [-0.25, -0.2) is 9.97 Å². The number of fused-ring (bicyclic) bond motifs is 1. The molecule has 122 valence electrons. The van der Waals surface area contributed by atoms with Gasteiger partial charge in [-0.3, -0.25) is 9.69 Å². The van der Waals surface area contributed by atoms with E-state index in [4.69, 9.17) is 17.3 Å². The van der Waals surface area contributed by atoms with Gasteiger partial charge in [-0.05, 0) is 48.2 Å². The number of carbonyl (C=O) groups excluding carboxylic acids is 1. The van der Waals surface area contributed by atoms with Crippen LogP contribution in [0, 0.1) is 0 Å². The number of amides is 1. The number of carbonyl (C=O) groups is 1. The number of likely N-dealkylation sites (tertiary alicyclic amines) is 1. The van der Waals surface area contributed by atoms with Gasteiger partial charge >= 0.3 is 0 Å². The molecule has 1 saturated carbocycles. The summed E-state index contributed by atoms with van der Waals surface area (Å²) in [7, 11) is 0. The summed E-state index contributed by atoms with van der Waals surface area (Å²) in [6, 6.07) is 0.702. The Hall–Kier alpha value is -1.18. The van der Waals surface area contributed by atoms with Gasteiger partial charge in [0.15, 0.2) is 0 Å². The Bertz CT molecular complexity index is 773. The normalized spacial score (nSPS) is 28.2. The first-order chi connectivity index (χ1) is 11.1. The van der Waals surface area contributed by atoms with Crippen LogP contribution in [0.5, 0.6) is 0 Å². The van der Waals surface area contributed by atoms with Crippen LogP contribution in [0.3, 0.4) is 0 Å². The monoisotopic (exact) mass is 397 g/mol. The van der Waals surface area contributed by atoms with Crippen LogP contribution in [-0.2, 0) is 4.79 Å². The maximum Gasteiger partial charge on any atom is 0.234 e. The van der Waals surface area contributed by atoms with E-state index in [1.165, 1.54) is 6.33 Å². The van der Waals surface area contributed by atoms with Crippen molar-refractivity contribution >= 4 is 44.5 Å². The van der Waals surface area contributed by atoms with Crippen LogP contribution in [-0.4, -0.2) is 44.0 Å². The number of halogens is 2. The highest BCUT2D eigenvalue weighted by Gasteiger charge is 2.41. The highest BCUT2D eigenvalue weighted by molar-refractivity contribution is 9.10. The maximum atomic E-state index is 11.6. The standard InChI is InChI=1S/C15H17BrClN5O/c16-10-6-22(15-12(10)13(17)19-7-20-15)9-4-8(5-9)21-3-1-2-11(21)14(18)23/h6-9,11H,1-5H2,(H2,18,23)/t8-,9+,11-/m0/s1. The van der Waals surface area contributed by atoms with Crippen molar-refractivity contribution < 1.29 is 4.79 Å². The summed E-state index contributed by atoms with van der Waals surface area (Å²) in [4.78, 5) is 22.3. The number of aromatic nitrogens is 3. The molecule has 0 aromatic carbocycles. The molecule has 1 aliphatic carbocycles. The average molecular weight is 399 g/mol. The Morgan fingerprint density at radius 1 is 1.35 bits per heavy atom. The maximum absolute atomic E-state index is 11.6. The molecule has 0 radical (unpaired) electrons. The second-order valence-corrected chi connectivity index (χ2v) is 7.54. The van der Waals surface area contributed by atoms with Crippen LogP contribution in [0.15, 0.2) is 17.0 Å². The minimum absolute atomic E-state index is 0.0918. The minimum Gasteiger partial charge on any atom is -0.368 e.